The molecule has 1 aromatic carbocycles. The largest absolute Gasteiger partial charge is 0.372 e. The van der Waals surface area contributed by atoms with Crippen LogP contribution in [0.15, 0.2) is 24.3 Å². The minimum atomic E-state index is 0.0640. The molecular formula is C13H13ClN2O. The van der Waals surface area contributed by atoms with Gasteiger partial charge in [-0.25, -0.2) is 9.97 Å². The summed E-state index contributed by atoms with van der Waals surface area (Å²) in [5.41, 5.74) is 1.82. The predicted molar refractivity (Wildman–Crippen MR) is 67.1 cm³/mol. The zero-order valence-electron chi connectivity index (χ0n) is 9.40. The minimum Gasteiger partial charge on any atom is -0.372 e. The van der Waals surface area contributed by atoms with Crippen molar-refractivity contribution in [2.24, 2.45) is 0 Å². The van der Waals surface area contributed by atoms with Gasteiger partial charge in [0.05, 0.1) is 11.2 Å². The zero-order chi connectivity index (χ0) is 11.7. The van der Waals surface area contributed by atoms with E-state index in [1.54, 1.807) is 0 Å². The molecule has 1 aromatic heterocycles. The number of aromatic nitrogens is 2. The molecule has 0 amide bonds. The summed E-state index contributed by atoms with van der Waals surface area (Å²) in [7, 11) is 0. The highest BCUT2D eigenvalue weighted by molar-refractivity contribution is 6.28. The zero-order valence-corrected chi connectivity index (χ0v) is 10.2. The Morgan fingerprint density at radius 2 is 2.06 bits per heavy atom. The van der Waals surface area contributed by atoms with Crippen molar-refractivity contribution in [1.29, 1.82) is 0 Å². The molecule has 3 nitrogen and oxygen atoms in total. The molecule has 1 unspecified atom stereocenters. The van der Waals surface area contributed by atoms with Crippen molar-refractivity contribution in [3.8, 4) is 0 Å². The second-order valence-corrected chi connectivity index (χ2v) is 4.59. The first-order chi connectivity index (χ1) is 8.34. The van der Waals surface area contributed by atoms with Crippen molar-refractivity contribution in [3.63, 3.8) is 0 Å². The van der Waals surface area contributed by atoms with Gasteiger partial charge in [-0.2, -0.15) is 0 Å². The third-order valence-electron chi connectivity index (χ3n) is 3.09. The summed E-state index contributed by atoms with van der Waals surface area (Å²) in [6.45, 7) is 0.806. The van der Waals surface area contributed by atoms with Crippen LogP contribution in [0.1, 0.15) is 31.1 Å². The summed E-state index contributed by atoms with van der Waals surface area (Å²) >= 11 is 5.97. The van der Waals surface area contributed by atoms with E-state index >= 15 is 0 Å². The van der Waals surface area contributed by atoms with Crippen LogP contribution in [-0.4, -0.2) is 16.6 Å². The second-order valence-electron chi connectivity index (χ2n) is 4.25. The van der Waals surface area contributed by atoms with Gasteiger partial charge in [-0.15, -0.1) is 0 Å². The number of benzene rings is 1. The summed E-state index contributed by atoms with van der Waals surface area (Å²) in [6.07, 6.45) is 3.39. The summed E-state index contributed by atoms with van der Waals surface area (Å²) < 4.78 is 5.78. The van der Waals surface area contributed by atoms with E-state index in [2.05, 4.69) is 9.97 Å². The highest BCUT2D eigenvalue weighted by atomic mass is 35.5. The smallest absolute Gasteiger partial charge is 0.223 e. The first-order valence-corrected chi connectivity index (χ1v) is 6.26. The number of hydrogen-bond donors (Lipinski definition) is 0. The maximum absolute atomic E-state index is 5.97. The lowest BCUT2D eigenvalue weighted by Gasteiger charge is -2.23. The van der Waals surface area contributed by atoms with Gasteiger partial charge in [0.1, 0.15) is 6.10 Å². The number of hydrogen-bond acceptors (Lipinski definition) is 3. The Morgan fingerprint density at radius 3 is 2.88 bits per heavy atom. The van der Waals surface area contributed by atoms with Crippen LogP contribution in [-0.2, 0) is 4.74 Å². The monoisotopic (exact) mass is 248 g/mol. The number of nitrogens with zero attached hydrogens (tertiary/aromatic N) is 2. The number of rotatable bonds is 1. The predicted octanol–water partition coefficient (Wildman–Crippen LogP) is 3.52. The maximum atomic E-state index is 5.97. The molecule has 1 aliphatic rings. The van der Waals surface area contributed by atoms with E-state index in [-0.39, 0.29) is 6.10 Å². The highest BCUT2D eigenvalue weighted by Crippen LogP contribution is 2.31. The molecule has 1 atom stereocenters. The van der Waals surface area contributed by atoms with Gasteiger partial charge in [0.15, 0.2) is 0 Å². The minimum absolute atomic E-state index is 0.0640. The quantitative estimate of drug-likeness (QED) is 0.725. The lowest BCUT2D eigenvalue weighted by atomic mass is 10.0. The van der Waals surface area contributed by atoms with Crippen molar-refractivity contribution >= 4 is 22.5 Å². The molecule has 0 spiro atoms. The summed E-state index contributed by atoms with van der Waals surface area (Å²) in [5, 5.41) is 1.34. The molecule has 0 aliphatic carbocycles. The molecule has 88 valence electrons. The molecule has 0 radical (unpaired) electrons. The van der Waals surface area contributed by atoms with E-state index in [0.717, 1.165) is 36.0 Å². The van der Waals surface area contributed by atoms with Gasteiger partial charge in [-0.05, 0) is 36.9 Å². The lowest BCUT2D eigenvalue weighted by molar-refractivity contribution is 0.0132. The SMILES string of the molecule is Clc1nc(C2CCCCO2)c2ccccc2n1. The molecule has 2 aromatic rings. The fourth-order valence-corrected chi connectivity index (χ4v) is 2.46. The third kappa shape index (κ3) is 2.13. The molecule has 0 saturated carbocycles. The van der Waals surface area contributed by atoms with Crippen molar-refractivity contribution in [1.82, 2.24) is 9.97 Å². The van der Waals surface area contributed by atoms with Crippen LogP contribution in [0.3, 0.4) is 0 Å². The Labute approximate surface area is 105 Å². The normalized spacial score (nSPS) is 20.6. The van der Waals surface area contributed by atoms with Gasteiger partial charge in [-0.3, -0.25) is 0 Å². The number of halogens is 1. The van der Waals surface area contributed by atoms with Gasteiger partial charge < -0.3 is 4.74 Å². The van der Waals surface area contributed by atoms with Crippen LogP contribution in [0, 0.1) is 0 Å². The van der Waals surface area contributed by atoms with E-state index in [9.17, 15) is 0 Å². The van der Waals surface area contributed by atoms with Crippen LogP contribution in [0.25, 0.3) is 10.9 Å². The molecule has 2 heterocycles. The molecule has 17 heavy (non-hydrogen) atoms. The Morgan fingerprint density at radius 1 is 1.18 bits per heavy atom. The summed E-state index contributed by atoms with van der Waals surface area (Å²) in [6, 6.07) is 7.93. The van der Waals surface area contributed by atoms with Crippen LogP contribution >= 0.6 is 11.6 Å². The van der Waals surface area contributed by atoms with Crippen LogP contribution < -0.4 is 0 Å². The lowest BCUT2D eigenvalue weighted by Crippen LogP contribution is -2.13. The van der Waals surface area contributed by atoms with Gasteiger partial charge >= 0.3 is 0 Å². The Balaban J connectivity index is 2.13. The van der Waals surface area contributed by atoms with Crippen LogP contribution in [0.4, 0.5) is 0 Å². The second kappa shape index (κ2) is 4.59. The number of para-hydroxylation sites is 1. The fraction of sp³-hybridized carbons (Fsp3) is 0.385. The Bertz CT molecular complexity index is 538. The van der Waals surface area contributed by atoms with Crippen molar-refractivity contribution in [3.05, 3.63) is 35.2 Å². The average Bonchev–Trinajstić information content (AvgIpc) is 2.39. The summed E-state index contributed by atoms with van der Waals surface area (Å²) in [5.74, 6) is 0. The van der Waals surface area contributed by atoms with E-state index in [1.807, 2.05) is 24.3 Å². The Kier molecular flexibility index (Phi) is 2.95. The molecule has 0 bridgehead atoms. The molecule has 1 saturated heterocycles. The highest BCUT2D eigenvalue weighted by Gasteiger charge is 2.20. The van der Waals surface area contributed by atoms with Gasteiger partial charge in [0, 0.05) is 12.0 Å². The van der Waals surface area contributed by atoms with Gasteiger partial charge in [-0.1, -0.05) is 18.2 Å². The maximum Gasteiger partial charge on any atom is 0.223 e. The number of ether oxygens (including phenoxy) is 1. The average molecular weight is 249 g/mol. The topological polar surface area (TPSA) is 35.0 Å². The summed E-state index contributed by atoms with van der Waals surface area (Å²) in [4.78, 5) is 8.58. The third-order valence-corrected chi connectivity index (χ3v) is 3.26. The molecule has 1 fully saturated rings. The molecule has 1 aliphatic heterocycles. The van der Waals surface area contributed by atoms with Gasteiger partial charge in [0.2, 0.25) is 5.28 Å². The first-order valence-electron chi connectivity index (χ1n) is 5.88. The number of fused-ring (bicyclic) bond motifs is 1. The molecule has 3 rings (SSSR count). The van der Waals surface area contributed by atoms with Crippen molar-refractivity contribution in [2.45, 2.75) is 25.4 Å². The van der Waals surface area contributed by atoms with Gasteiger partial charge in [0.25, 0.3) is 0 Å². The van der Waals surface area contributed by atoms with Crippen LogP contribution in [0.2, 0.25) is 5.28 Å². The van der Waals surface area contributed by atoms with E-state index in [4.69, 9.17) is 16.3 Å². The molecule has 0 N–H and O–H groups in total. The van der Waals surface area contributed by atoms with Crippen molar-refractivity contribution in [2.75, 3.05) is 6.61 Å². The van der Waals surface area contributed by atoms with Crippen LogP contribution in [0.5, 0.6) is 0 Å². The Hall–Kier alpha value is -1.19. The molecular weight excluding hydrogens is 236 g/mol. The fourth-order valence-electron chi connectivity index (χ4n) is 2.27. The van der Waals surface area contributed by atoms with Crippen molar-refractivity contribution < 1.29 is 4.74 Å². The van der Waals surface area contributed by atoms with E-state index < -0.39 is 0 Å². The first kappa shape index (κ1) is 10.9. The van der Waals surface area contributed by atoms with E-state index in [0.29, 0.717) is 5.28 Å². The molecule has 4 heteroatoms. The standard InChI is InChI=1S/C13H13ClN2O/c14-13-15-10-6-2-1-5-9(10)12(16-13)11-7-3-4-8-17-11/h1-2,5-6,11H,3-4,7-8H2. The van der Waals surface area contributed by atoms with E-state index in [1.165, 1.54) is 6.42 Å².